The third-order valence-electron chi connectivity index (χ3n) is 4.43. The van der Waals surface area contributed by atoms with Crippen LogP contribution in [0, 0.1) is 5.92 Å². The average Bonchev–Trinajstić information content (AvgIpc) is 3.15. The normalized spacial score (nSPS) is 13.2. The average molecular weight is 381 g/mol. The third kappa shape index (κ3) is 4.44. The van der Waals surface area contributed by atoms with Crippen LogP contribution in [0.5, 0.6) is 0 Å². The molecule has 0 unspecified atom stereocenters. The Kier molecular flexibility index (Phi) is 5.85. The molecule has 9 nitrogen and oxygen atoms in total. The van der Waals surface area contributed by atoms with Gasteiger partial charge < -0.3 is 16.0 Å². The summed E-state index contributed by atoms with van der Waals surface area (Å²) in [4.78, 5) is 35.0. The molecule has 28 heavy (non-hydrogen) atoms. The zero-order valence-electron chi connectivity index (χ0n) is 15.6. The second-order valence-electron chi connectivity index (χ2n) is 6.80. The van der Waals surface area contributed by atoms with E-state index < -0.39 is 17.9 Å². The predicted molar refractivity (Wildman–Crippen MR) is 106 cm³/mol. The van der Waals surface area contributed by atoms with Gasteiger partial charge in [-0.15, -0.1) is 0 Å². The van der Waals surface area contributed by atoms with E-state index in [1.54, 1.807) is 0 Å². The summed E-state index contributed by atoms with van der Waals surface area (Å²) in [5.41, 5.74) is 13.0. The predicted octanol–water partition coefficient (Wildman–Crippen LogP) is 1.18. The van der Waals surface area contributed by atoms with Crippen LogP contribution in [-0.2, 0) is 4.79 Å². The molecule has 0 aliphatic rings. The molecule has 2 amide bonds. The van der Waals surface area contributed by atoms with E-state index in [-0.39, 0.29) is 17.5 Å². The number of benzene rings is 1. The van der Waals surface area contributed by atoms with Crippen LogP contribution in [0.1, 0.15) is 24.2 Å². The zero-order chi connectivity index (χ0) is 20.1. The number of nitrogens with one attached hydrogen (secondary N) is 4. The fraction of sp³-hybridized carbons (Fsp3) is 0.263. The van der Waals surface area contributed by atoms with E-state index in [2.05, 4.69) is 31.1 Å². The maximum absolute atomic E-state index is 12.2. The van der Waals surface area contributed by atoms with Crippen molar-refractivity contribution >= 4 is 28.4 Å². The Morgan fingerprint density at radius 3 is 2.57 bits per heavy atom. The Balaban J connectivity index is 1.74. The fourth-order valence-corrected chi connectivity index (χ4v) is 2.94. The minimum Gasteiger partial charge on any atom is -0.380 e. The molecule has 0 saturated carbocycles. The van der Waals surface area contributed by atoms with Crippen LogP contribution in [0.15, 0.2) is 49.2 Å². The lowest BCUT2D eigenvalue weighted by Crippen LogP contribution is -2.59. The van der Waals surface area contributed by atoms with Crippen molar-refractivity contribution in [3.05, 3.63) is 54.7 Å². The number of H-pyrrole nitrogens is 1. The number of nitrogens with zero attached hydrogens (tertiary/aromatic N) is 2. The topological polar surface area (TPSA) is 138 Å². The number of aromatic amines is 1. The minimum absolute atomic E-state index is 0.0453. The van der Waals surface area contributed by atoms with Crippen molar-refractivity contribution < 1.29 is 9.59 Å². The molecule has 2 aromatic heterocycles. The molecule has 0 aliphatic carbocycles. The lowest BCUT2D eigenvalue weighted by Gasteiger charge is -2.30. The third-order valence-corrected chi connectivity index (χ3v) is 4.43. The van der Waals surface area contributed by atoms with Crippen molar-refractivity contribution in [2.45, 2.75) is 25.9 Å². The maximum Gasteiger partial charge on any atom is 0.268 e. The van der Waals surface area contributed by atoms with Gasteiger partial charge in [0, 0.05) is 35.2 Å². The van der Waals surface area contributed by atoms with Gasteiger partial charge in [-0.25, -0.2) is 15.4 Å². The highest BCUT2D eigenvalue weighted by atomic mass is 16.2. The number of hydrogen-bond acceptors (Lipinski definition) is 6. The minimum atomic E-state index is -0.837. The van der Waals surface area contributed by atoms with Crippen LogP contribution in [0.3, 0.4) is 0 Å². The Labute approximate surface area is 162 Å². The molecule has 0 fully saturated rings. The van der Waals surface area contributed by atoms with E-state index >= 15 is 0 Å². The Morgan fingerprint density at radius 1 is 1.14 bits per heavy atom. The SMILES string of the molecule is CC(C)[C@@H](Nc1ccc2[nH]ccc2c1)[C@@H](NNC(=O)c1cncnc1)C(N)=O. The summed E-state index contributed by atoms with van der Waals surface area (Å²) in [5, 5.41) is 4.40. The summed E-state index contributed by atoms with van der Waals surface area (Å²) in [6.07, 6.45) is 5.96. The number of hydrazine groups is 1. The molecule has 3 rings (SSSR count). The van der Waals surface area contributed by atoms with Crippen LogP contribution >= 0.6 is 0 Å². The first-order valence-electron chi connectivity index (χ1n) is 8.89. The number of fused-ring (bicyclic) bond motifs is 1. The van der Waals surface area contributed by atoms with Crippen molar-refractivity contribution in [1.29, 1.82) is 0 Å². The number of anilines is 1. The molecule has 3 aromatic rings. The van der Waals surface area contributed by atoms with Crippen LogP contribution in [0.2, 0.25) is 0 Å². The molecule has 146 valence electrons. The van der Waals surface area contributed by atoms with Crippen LogP contribution < -0.4 is 21.9 Å². The number of carbonyl (C=O) groups is 2. The number of nitrogens with two attached hydrogens (primary N) is 1. The van der Waals surface area contributed by atoms with Gasteiger partial charge in [0.1, 0.15) is 12.4 Å². The number of hydrogen-bond donors (Lipinski definition) is 5. The molecule has 0 bridgehead atoms. The Bertz CT molecular complexity index is 955. The summed E-state index contributed by atoms with van der Waals surface area (Å²) in [6, 6.07) is 6.64. The molecular weight excluding hydrogens is 358 g/mol. The molecule has 0 radical (unpaired) electrons. The summed E-state index contributed by atoms with van der Waals surface area (Å²) >= 11 is 0. The monoisotopic (exact) mass is 381 g/mol. The first-order valence-corrected chi connectivity index (χ1v) is 8.89. The summed E-state index contributed by atoms with van der Waals surface area (Å²) in [7, 11) is 0. The molecule has 0 spiro atoms. The van der Waals surface area contributed by atoms with Crippen LogP contribution in [-0.4, -0.2) is 38.8 Å². The number of primary amides is 1. The lowest BCUT2D eigenvalue weighted by atomic mass is 9.95. The molecular formula is C19H23N7O2. The van der Waals surface area contributed by atoms with Gasteiger partial charge in [-0.1, -0.05) is 13.8 Å². The number of carbonyl (C=O) groups excluding carboxylic acids is 2. The van der Waals surface area contributed by atoms with Crippen molar-refractivity contribution in [3.8, 4) is 0 Å². The van der Waals surface area contributed by atoms with Gasteiger partial charge in [0.05, 0.1) is 11.6 Å². The van der Waals surface area contributed by atoms with Crippen molar-refractivity contribution in [2.75, 3.05) is 5.32 Å². The second-order valence-corrected chi connectivity index (χ2v) is 6.80. The summed E-state index contributed by atoms with van der Waals surface area (Å²) < 4.78 is 0. The van der Waals surface area contributed by atoms with Gasteiger partial charge in [0.15, 0.2) is 0 Å². The first kappa shape index (κ1) is 19.3. The molecule has 1 aromatic carbocycles. The number of rotatable bonds is 8. The zero-order valence-corrected chi connectivity index (χ0v) is 15.6. The van der Waals surface area contributed by atoms with Crippen molar-refractivity contribution in [3.63, 3.8) is 0 Å². The molecule has 6 N–H and O–H groups in total. The highest BCUT2D eigenvalue weighted by Gasteiger charge is 2.29. The quantitative estimate of drug-likeness (QED) is 0.372. The molecule has 2 heterocycles. The molecule has 9 heteroatoms. The van der Waals surface area contributed by atoms with E-state index in [0.717, 1.165) is 16.6 Å². The van der Waals surface area contributed by atoms with Gasteiger partial charge in [-0.2, -0.15) is 0 Å². The lowest BCUT2D eigenvalue weighted by molar-refractivity contribution is -0.120. The summed E-state index contributed by atoms with van der Waals surface area (Å²) in [5.74, 6) is -0.995. The largest absolute Gasteiger partial charge is 0.380 e. The van der Waals surface area contributed by atoms with Gasteiger partial charge in [-0.05, 0) is 30.2 Å². The van der Waals surface area contributed by atoms with Gasteiger partial charge in [0.25, 0.3) is 5.91 Å². The van der Waals surface area contributed by atoms with E-state index in [4.69, 9.17) is 5.73 Å². The first-order chi connectivity index (χ1) is 13.5. The van der Waals surface area contributed by atoms with Crippen molar-refractivity contribution in [1.82, 2.24) is 25.8 Å². The highest BCUT2D eigenvalue weighted by Crippen LogP contribution is 2.21. The Hall–Kier alpha value is -3.46. The second kappa shape index (κ2) is 8.49. The molecule has 0 aliphatic heterocycles. The standard InChI is InChI=1S/C19H23N7O2/c1-11(2)16(24-14-3-4-15-12(7-14)5-6-23-15)17(18(20)27)25-26-19(28)13-8-21-10-22-9-13/h3-11,16-17,23-25H,1-2H3,(H2,20,27)(H,26,28)/t16-,17-/m1/s1. The van der Waals surface area contributed by atoms with Crippen LogP contribution in [0.25, 0.3) is 10.9 Å². The highest BCUT2D eigenvalue weighted by molar-refractivity contribution is 5.93. The smallest absolute Gasteiger partial charge is 0.268 e. The molecule has 2 atom stereocenters. The summed E-state index contributed by atoms with van der Waals surface area (Å²) in [6.45, 7) is 3.94. The van der Waals surface area contributed by atoms with Crippen molar-refractivity contribution in [2.24, 2.45) is 11.7 Å². The maximum atomic E-state index is 12.2. The van der Waals surface area contributed by atoms with Crippen LogP contribution in [0.4, 0.5) is 5.69 Å². The Morgan fingerprint density at radius 2 is 1.89 bits per heavy atom. The number of aromatic nitrogens is 3. The fourth-order valence-electron chi connectivity index (χ4n) is 2.94. The van der Waals surface area contributed by atoms with E-state index in [1.165, 1.54) is 18.7 Å². The van der Waals surface area contributed by atoms with Gasteiger partial charge in [0.2, 0.25) is 5.91 Å². The molecule has 0 saturated heterocycles. The van der Waals surface area contributed by atoms with E-state index in [9.17, 15) is 9.59 Å². The van der Waals surface area contributed by atoms with E-state index in [1.807, 2.05) is 44.3 Å². The van der Waals surface area contributed by atoms with Gasteiger partial charge in [-0.3, -0.25) is 15.0 Å². The van der Waals surface area contributed by atoms with Gasteiger partial charge >= 0.3 is 0 Å². The van der Waals surface area contributed by atoms with E-state index in [0.29, 0.717) is 0 Å². The number of amides is 2.